The van der Waals surface area contributed by atoms with Gasteiger partial charge in [-0.05, 0) is 61.2 Å². The molecule has 0 atom stereocenters. The van der Waals surface area contributed by atoms with Crippen LogP contribution in [0.4, 0.5) is 5.69 Å². The van der Waals surface area contributed by atoms with Gasteiger partial charge in [-0.3, -0.25) is 4.79 Å². The Labute approximate surface area is 150 Å². The van der Waals surface area contributed by atoms with Crippen LogP contribution in [-0.2, 0) is 6.42 Å². The molecule has 0 spiro atoms. The van der Waals surface area contributed by atoms with Gasteiger partial charge in [0.25, 0.3) is 11.8 Å². The van der Waals surface area contributed by atoms with Crippen molar-refractivity contribution >= 4 is 11.6 Å². The van der Waals surface area contributed by atoms with E-state index in [1.165, 1.54) is 0 Å². The van der Waals surface area contributed by atoms with E-state index in [-0.39, 0.29) is 12.5 Å². The van der Waals surface area contributed by atoms with E-state index in [2.05, 4.69) is 15.5 Å². The number of benzene rings is 2. The van der Waals surface area contributed by atoms with Crippen molar-refractivity contribution < 1.29 is 14.4 Å². The highest BCUT2D eigenvalue weighted by Crippen LogP contribution is 2.38. The van der Waals surface area contributed by atoms with E-state index < -0.39 is 0 Å². The van der Waals surface area contributed by atoms with Crippen LogP contribution in [0.5, 0.6) is 0 Å². The van der Waals surface area contributed by atoms with Crippen LogP contribution in [0.2, 0.25) is 0 Å². The van der Waals surface area contributed by atoms with Gasteiger partial charge < -0.3 is 14.9 Å². The average molecular weight is 349 g/mol. The van der Waals surface area contributed by atoms with Crippen molar-refractivity contribution in [2.75, 3.05) is 11.9 Å². The van der Waals surface area contributed by atoms with Gasteiger partial charge in [0.1, 0.15) is 0 Å². The standard InChI is InChI=1S/C20H19N3O3/c24-12-11-13-1-9-17(10-2-13)21-19(25)15-5-7-16(8-6-15)20-22-18(23-26-20)14-3-4-14/h1-2,5-10,14,24H,3-4,11-12H2,(H,21,25). The van der Waals surface area contributed by atoms with Crippen LogP contribution in [0.1, 0.15) is 40.5 Å². The zero-order valence-electron chi connectivity index (χ0n) is 14.2. The van der Waals surface area contributed by atoms with E-state index in [0.29, 0.717) is 29.5 Å². The summed E-state index contributed by atoms with van der Waals surface area (Å²) in [6, 6.07) is 14.5. The fourth-order valence-corrected chi connectivity index (χ4v) is 2.71. The maximum atomic E-state index is 12.4. The lowest BCUT2D eigenvalue weighted by molar-refractivity contribution is 0.102. The van der Waals surface area contributed by atoms with E-state index in [4.69, 9.17) is 9.63 Å². The maximum absolute atomic E-state index is 12.4. The Bertz CT molecular complexity index is 897. The zero-order chi connectivity index (χ0) is 17.9. The third-order valence-corrected chi connectivity index (χ3v) is 4.39. The van der Waals surface area contributed by atoms with Gasteiger partial charge in [-0.2, -0.15) is 4.98 Å². The van der Waals surface area contributed by atoms with Gasteiger partial charge in [0.15, 0.2) is 5.82 Å². The molecule has 26 heavy (non-hydrogen) atoms. The quantitative estimate of drug-likeness (QED) is 0.712. The Balaban J connectivity index is 1.42. The fraction of sp³-hybridized carbons (Fsp3) is 0.250. The van der Waals surface area contributed by atoms with Crippen LogP contribution in [-0.4, -0.2) is 27.8 Å². The Morgan fingerprint density at radius 1 is 1.12 bits per heavy atom. The second kappa shape index (κ2) is 7.09. The second-order valence-electron chi connectivity index (χ2n) is 6.43. The summed E-state index contributed by atoms with van der Waals surface area (Å²) in [5, 5.41) is 15.8. The molecule has 0 saturated heterocycles. The molecule has 1 heterocycles. The fourth-order valence-electron chi connectivity index (χ4n) is 2.71. The number of amides is 1. The van der Waals surface area contributed by atoms with Crippen molar-refractivity contribution in [1.29, 1.82) is 0 Å². The summed E-state index contributed by atoms with van der Waals surface area (Å²) in [5.41, 5.74) is 3.09. The minimum Gasteiger partial charge on any atom is -0.396 e. The number of aliphatic hydroxyl groups excluding tert-OH is 1. The lowest BCUT2D eigenvalue weighted by Gasteiger charge is -2.06. The molecule has 1 aliphatic rings. The van der Waals surface area contributed by atoms with Crippen LogP contribution in [0.25, 0.3) is 11.5 Å². The van der Waals surface area contributed by atoms with E-state index in [1.54, 1.807) is 12.1 Å². The first-order chi connectivity index (χ1) is 12.7. The highest BCUT2D eigenvalue weighted by molar-refractivity contribution is 6.04. The normalized spacial score (nSPS) is 13.6. The van der Waals surface area contributed by atoms with Gasteiger partial charge in [0.2, 0.25) is 0 Å². The van der Waals surface area contributed by atoms with E-state index in [0.717, 1.165) is 29.8 Å². The average Bonchev–Trinajstić information content (AvgIpc) is 3.40. The lowest BCUT2D eigenvalue weighted by Crippen LogP contribution is -2.11. The molecule has 3 aromatic rings. The molecule has 4 rings (SSSR count). The smallest absolute Gasteiger partial charge is 0.257 e. The Kier molecular flexibility index (Phi) is 4.50. The predicted octanol–water partition coefficient (Wildman–Crippen LogP) is 3.40. The van der Waals surface area contributed by atoms with Gasteiger partial charge >= 0.3 is 0 Å². The number of carbonyl (C=O) groups excluding carboxylic acids is 1. The summed E-state index contributed by atoms with van der Waals surface area (Å²) in [6.07, 6.45) is 2.85. The number of anilines is 1. The summed E-state index contributed by atoms with van der Waals surface area (Å²) in [7, 11) is 0. The number of nitrogens with zero attached hydrogens (tertiary/aromatic N) is 2. The van der Waals surface area contributed by atoms with Gasteiger partial charge in [-0.1, -0.05) is 17.3 Å². The molecule has 132 valence electrons. The van der Waals surface area contributed by atoms with Crippen LogP contribution >= 0.6 is 0 Å². The van der Waals surface area contributed by atoms with Crippen LogP contribution in [0.15, 0.2) is 53.1 Å². The largest absolute Gasteiger partial charge is 0.396 e. The molecule has 1 aliphatic carbocycles. The molecule has 2 aromatic carbocycles. The molecule has 1 fully saturated rings. The minimum atomic E-state index is -0.185. The van der Waals surface area contributed by atoms with Crippen LogP contribution in [0.3, 0.4) is 0 Å². The lowest BCUT2D eigenvalue weighted by atomic mass is 10.1. The Hall–Kier alpha value is -2.99. The van der Waals surface area contributed by atoms with Crippen LogP contribution in [0, 0.1) is 0 Å². The summed E-state index contributed by atoms with van der Waals surface area (Å²) in [5.74, 6) is 1.52. The molecule has 2 N–H and O–H groups in total. The highest BCUT2D eigenvalue weighted by atomic mass is 16.5. The monoisotopic (exact) mass is 349 g/mol. The minimum absolute atomic E-state index is 0.111. The van der Waals surface area contributed by atoms with Crippen molar-refractivity contribution in [2.24, 2.45) is 0 Å². The number of hydrogen-bond acceptors (Lipinski definition) is 5. The molecule has 6 heteroatoms. The number of hydrogen-bond donors (Lipinski definition) is 2. The van der Waals surface area contributed by atoms with E-state index in [9.17, 15) is 4.79 Å². The number of nitrogens with one attached hydrogen (secondary N) is 1. The van der Waals surface area contributed by atoms with Crippen LogP contribution < -0.4 is 5.32 Å². The van der Waals surface area contributed by atoms with Gasteiger partial charge in [-0.15, -0.1) is 0 Å². The van der Waals surface area contributed by atoms with Crippen molar-refractivity contribution in [3.05, 3.63) is 65.5 Å². The molecular weight excluding hydrogens is 330 g/mol. The summed E-state index contributed by atoms with van der Waals surface area (Å²) >= 11 is 0. The van der Waals surface area contributed by atoms with E-state index >= 15 is 0 Å². The van der Waals surface area contributed by atoms with E-state index in [1.807, 2.05) is 36.4 Å². The maximum Gasteiger partial charge on any atom is 0.257 e. The number of aromatic nitrogens is 2. The highest BCUT2D eigenvalue weighted by Gasteiger charge is 2.28. The van der Waals surface area contributed by atoms with Crippen molar-refractivity contribution in [3.8, 4) is 11.5 Å². The van der Waals surface area contributed by atoms with Gasteiger partial charge in [-0.25, -0.2) is 0 Å². The predicted molar refractivity (Wildman–Crippen MR) is 96.9 cm³/mol. The first-order valence-electron chi connectivity index (χ1n) is 8.68. The third-order valence-electron chi connectivity index (χ3n) is 4.39. The topological polar surface area (TPSA) is 88.2 Å². The third kappa shape index (κ3) is 3.65. The summed E-state index contributed by atoms with van der Waals surface area (Å²) in [6.45, 7) is 0.111. The number of rotatable bonds is 6. The second-order valence-corrected chi connectivity index (χ2v) is 6.43. The molecule has 1 saturated carbocycles. The van der Waals surface area contributed by atoms with Crippen molar-refractivity contribution in [3.63, 3.8) is 0 Å². The molecular formula is C20H19N3O3. The molecule has 0 bridgehead atoms. The van der Waals surface area contributed by atoms with Crippen molar-refractivity contribution in [2.45, 2.75) is 25.2 Å². The van der Waals surface area contributed by atoms with Crippen molar-refractivity contribution in [1.82, 2.24) is 10.1 Å². The van der Waals surface area contributed by atoms with Gasteiger partial charge in [0, 0.05) is 29.3 Å². The molecule has 1 aromatic heterocycles. The molecule has 6 nitrogen and oxygen atoms in total. The molecule has 0 radical (unpaired) electrons. The Morgan fingerprint density at radius 3 is 2.50 bits per heavy atom. The number of carbonyl (C=O) groups is 1. The molecule has 0 unspecified atom stereocenters. The Morgan fingerprint density at radius 2 is 1.85 bits per heavy atom. The SMILES string of the molecule is O=C(Nc1ccc(CCO)cc1)c1ccc(-c2nc(C3CC3)no2)cc1. The summed E-state index contributed by atoms with van der Waals surface area (Å²) < 4.78 is 5.30. The number of aliphatic hydroxyl groups is 1. The first kappa shape index (κ1) is 16.5. The summed E-state index contributed by atoms with van der Waals surface area (Å²) in [4.78, 5) is 16.8. The van der Waals surface area contributed by atoms with Gasteiger partial charge in [0.05, 0.1) is 0 Å². The molecule has 0 aliphatic heterocycles. The molecule has 1 amide bonds. The zero-order valence-corrected chi connectivity index (χ0v) is 14.2. The first-order valence-corrected chi connectivity index (χ1v) is 8.68.